The summed E-state index contributed by atoms with van der Waals surface area (Å²) in [5, 5.41) is 17.0. The van der Waals surface area contributed by atoms with Gasteiger partial charge in [-0.2, -0.15) is 0 Å². The summed E-state index contributed by atoms with van der Waals surface area (Å²) in [6, 6.07) is 4.84. The summed E-state index contributed by atoms with van der Waals surface area (Å²) < 4.78 is 10.6. The summed E-state index contributed by atoms with van der Waals surface area (Å²) in [5.41, 5.74) is -0.848. The molecule has 0 fully saturated rings. The van der Waals surface area contributed by atoms with E-state index < -0.39 is 22.8 Å². The van der Waals surface area contributed by atoms with E-state index in [2.05, 4.69) is 20.9 Å². The van der Waals surface area contributed by atoms with Gasteiger partial charge in [-0.3, -0.25) is 14.4 Å². The number of aromatic nitrogens is 1. The van der Waals surface area contributed by atoms with Crippen LogP contribution in [-0.2, 0) is 14.4 Å². The number of hydrogen-bond acceptors (Lipinski definition) is 7. The molecule has 0 radical (unpaired) electrons. The maximum Gasteiger partial charge on any atom is 0.313 e. The standard InChI is InChI=1S/C21H28N4O6/c1-20(2,11-26)19(29)23-10-21(3,4)25-18(28)17(27)24-13-6-7-14(15(8-13)30-5)16-9-22-12-31-16/h6-9,12,26H,10-11H2,1-5H3,(H,23,29)(H,24,27)(H,25,28). The molecule has 10 nitrogen and oxygen atoms in total. The highest BCUT2D eigenvalue weighted by atomic mass is 16.5. The number of carbonyl (C=O) groups is 3. The maximum atomic E-state index is 12.3. The number of rotatable bonds is 8. The third kappa shape index (κ3) is 6.29. The summed E-state index contributed by atoms with van der Waals surface area (Å²) in [6.07, 6.45) is 2.83. The first-order chi connectivity index (χ1) is 14.5. The zero-order valence-corrected chi connectivity index (χ0v) is 18.2. The van der Waals surface area contributed by atoms with Gasteiger partial charge in [-0.15, -0.1) is 0 Å². The molecule has 0 bridgehead atoms. The van der Waals surface area contributed by atoms with Crippen LogP contribution in [0.4, 0.5) is 5.69 Å². The van der Waals surface area contributed by atoms with E-state index in [0.717, 1.165) is 0 Å². The van der Waals surface area contributed by atoms with Crippen LogP contribution in [0.2, 0.25) is 0 Å². The van der Waals surface area contributed by atoms with Crippen molar-refractivity contribution in [3.05, 3.63) is 30.8 Å². The van der Waals surface area contributed by atoms with Crippen LogP contribution in [0.15, 0.2) is 35.2 Å². The number of benzene rings is 1. The lowest BCUT2D eigenvalue weighted by atomic mass is 9.93. The lowest BCUT2D eigenvalue weighted by molar-refractivity contribution is -0.137. The van der Waals surface area contributed by atoms with Gasteiger partial charge in [0.15, 0.2) is 12.2 Å². The van der Waals surface area contributed by atoms with Gasteiger partial charge < -0.3 is 30.2 Å². The van der Waals surface area contributed by atoms with Crippen molar-refractivity contribution in [3.8, 4) is 17.1 Å². The van der Waals surface area contributed by atoms with Gasteiger partial charge in [0, 0.05) is 18.3 Å². The van der Waals surface area contributed by atoms with Crippen molar-refractivity contribution in [1.82, 2.24) is 15.6 Å². The number of anilines is 1. The quantitative estimate of drug-likeness (QED) is 0.461. The highest BCUT2D eigenvalue weighted by Crippen LogP contribution is 2.32. The van der Waals surface area contributed by atoms with E-state index in [9.17, 15) is 19.5 Å². The normalized spacial score (nSPS) is 11.5. The van der Waals surface area contributed by atoms with Gasteiger partial charge in [0.1, 0.15) is 5.75 Å². The molecule has 0 aliphatic rings. The fourth-order valence-electron chi connectivity index (χ4n) is 2.53. The maximum absolute atomic E-state index is 12.3. The first-order valence-electron chi connectivity index (χ1n) is 9.58. The van der Waals surface area contributed by atoms with Gasteiger partial charge in [0.25, 0.3) is 0 Å². The van der Waals surface area contributed by atoms with E-state index in [0.29, 0.717) is 22.8 Å². The SMILES string of the molecule is COc1cc(NC(=O)C(=O)NC(C)(C)CNC(=O)C(C)(C)CO)ccc1-c1cnco1. The number of nitrogens with zero attached hydrogens (tertiary/aromatic N) is 1. The number of nitrogens with one attached hydrogen (secondary N) is 3. The summed E-state index contributed by atoms with van der Waals surface area (Å²) in [5.74, 6) is -1.16. The molecule has 168 valence electrons. The van der Waals surface area contributed by atoms with Crippen LogP contribution in [0.5, 0.6) is 5.75 Å². The van der Waals surface area contributed by atoms with Crippen molar-refractivity contribution < 1.29 is 28.6 Å². The van der Waals surface area contributed by atoms with E-state index in [4.69, 9.17) is 9.15 Å². The van der Waals surface area contributed by atoms with Crippen LogP contribution < -0.4 is 20.7 Å². The topological polar surface area (TPSA) is 143 Å². The molecule has 0 atom stereocenters. The van der Waals surface area contributed by atoms with Crippen molar-refractivity contribution >= 4 is 23.4 Å². The van der Waals surface area contributed by atoms with Gasteiger partial charge in [-0.1, -0.05) is 0 Å². The zero-order valence-electron chi connectivity index (χ0n) is 18.2. The van der Waals surface area contributed by atoms with Crippen molar-refractivity contribution in [2.75, 3.05) is 25.6 Å². The average molecular weight is 432 g/mol. The summed E-state index contributed by atoms with van der Waals surface area (Å²) in [6.45, 7) is 6.30. The number of amides is 3. The molecule has 0 aliphatic heterocycles. The summed E-state index contributed by atoms with van der Waals surface area (Å²) in [7, 11) is 1.47. The Balaban J connectivity index is 1.99. The van der Waals surface area contributed by atoms with E-state index >= 15 is 0 Å². The molecule has 1 aromatic carbocycles. The van der Waals surface area contributed by atoms with Crippen LogP contribution in [0.25, 0.3) is 11.3 Å². The second-order valence-corrected chi connectivity index (χ2v) is 8.30. The van der Waals surface area contributed by atoms with Crippen LogP contribution in [0.1, 0.15) is 27.7 Å². The average Bonchev–Trinajstić information content (AvgIpc) is 3.26. The molecule has 3 amide bonds. The fraction of sp³-hybridized carbons (Fsp3) is 0.429. The molecular weight excluding hydrogens is 404 g/mol. The summed E-state index contributed by atoms with van der Waals surface area (Å²) >= 11 is 0. The smallest absolute Gasteiger partial charge is 0.313 e. The van der Waals surface area contributed by atoms with Crippen molar-refractivity contribution in [2.45, 2.75) is 33.2 Å². The Morgan fingerprint density at radius 2 is 1.87 bits per heavy atom. The summed E-state index contributed by atoms with van der Waals surface area (Å²) in [4.78, 5) is 40.6. The monoisotopic (exact) mass is 432 g/mol. The van der Waals surface area contributed by atoms with Crippen molar-refractivity contribution in [1.29, 1.82) is 0 Å². The Bertz CT molecular complexity index is 937. The number of ether oxygens (including phenoxy) is 1. The predicted molar refractivity (Wildman–Crippen MR) is 113 cm³/mol. The number of oxazole rings is 1. The Kier molecular flexibility index (Phi) is 7.40. The Morgan fingerprint density at radius 3 is 2.45 bits per heavy atom. The number of aliphatic hydroxyl groups excluding tert-OH is 1. The highest BCUT2D eigenvalue weighted by Gasteiger charge is 2.30. The first kappa shape index (κ1) is 23.9. The molecule has 31 heavy (non-hydrogen) atoms. The lowest BCUT2D eigenvalue weighted by Crippen LogP contribution is -2.55. The number of carbonyl (C=O) groups excluding carboxylic acids is 3. The first-order valence-corrected chi connectivity index (χ1v) is 9.58. The highest BCUT2D eigenvalue weighted by molar-refractivity contribution is 6.39. The molecule has 0 saturated carbocycles. The second-order valence-electron chi connectivity index (χ2n) is 8.30. The minimum Gasteiger partial charge on any atom is -0.496 e. The largest absolute Gasteiger partial charge is 0.496 e. The van der Waals surface area contributed by atoms with Crippen LogP contribution >= 0.6 is 0 Å². The Hall–Kier alpha value is -3.40. The minimum atomic E-state index is -0.950. The fourth-order valence-corrected chi connectivity index (χ4v) is 2.53. The molecule has 0 unspecified atom stereocenters. The molecule has 1 heterocycles. The van der Waals surface area contributed by atoms with E-state index in [1.807, 2.05) is 0 Å². The third-order valence-corrected chi connectivity index (χ3v) is 4.52. The zero-order chi connectivity index (χ0) is 23.2. The predicted octanol–water partition coefficient (Wildman–Crippen LogP) is 1.32. The third-order valence-electron chi connectivity index (χ3n) is 4.52. The molecule has 4 N–H and O–H groups in total. The van der Waals surface area contributed by atoms with Gasteiger partial charge in [0.05, 0.1) is 36.4 Å². The molecule has 10 heteroatoms. The van der Waals surface area contributed by atoms with Crippen LogP contribution in [0.3, 0.4) is 0 Å². The van der Waals surface area contributed by atoms with Gasteiger partial charge in [-0.05, 0) is 39.8 Å². The van der Waals surface area contributed by atoms with E-state index in [-0.39, 0.29) is 19.1 Å². The number of aliphatic hydroxyl groups is 1. The molecule has 1 aromatic heterocycles. The minimum absolute atomic E-state index is 0.0774. The van der Waals surface area contributed by atoms with E-state index in [1.54, 1.807) is 45.9 Å². The Labute approximate surface area is 180 Å². The molecule has 0 aliphatic carbocycles. The lowest BCUT2D eigenvalue weighted by Gasteiger charge is -2.29. The Morgan fingerprint density at radius 1 is 1.16 bits per heavy atom. The molecular formula is C21H28N4O6. The van der Waals surface area contributed by atoms with Gasteiger partial charge in [-0.25, -0.2) is 4.98 Å². The van der Waals surface area contributed by atoms with Gasteiger partial charge >= 0.3 is 11.8 Å². The molecule has 2 rings (SSSR count). The van der Waals surface area contributed by atoms with Crippen LogP contribution in [-0.4, -0.2) is 53.6 Å². The van der Waals surface area contributed by atoms with Crippen molar-refractivity contribution in [2.24, 2.45) is 5.41 Å². The molecule has 0 saturated heterocycles. The second kappa shape index (κ2) is 9.61. The van der Waals surface area contributed by atoms with E-state index in [1.165, 1.54) is 19.7 Å². The van der Waals surface area contributed by atoms with Crippen LogP contribution in [0, 0.1) is 5.41 Å². The number of methoxy groups -OCH3 is 1. The number of hydrogen-bond donors (Lipinski definition) is 4. The van der Waals surface area contributed by atoms with Crippen molar-refractivity contribution in [3.63, 3.8) is 0 Å². The molecule has 2 aromatic rings. The molecule has 0 spiro atoms. The van der Waals surface area contributed by atoms with Gasteiger partial charge in [0.2, 0.25) is 5.91 Å².